The third kappa shape index (κ3) is 6.40. The molecule has 1 aliphatic carbocycles. The van der Waals surface area contributed by atoms with Crippen LogP contribution in [0.25, 0.3) is 0 Å². The van der Waals surface area contributed by atoms with Crippen LogP contribution >= 0.6 is 15.9 Å². The molecule has 0 aromatic carbocycles. The average Bonchev–Trinajstić information content (AvgIpc) is 3.03. The fourth-order valence-corrected chi connectivity index (χ4v) is 6.63. The first-order valence-corrected chi connectivity index (χ1v) is 16.5. The lowest BCUT2D eigenvalue weighted by molar-refractivity contribution is 0.0441. The molecular weight excluding hydrogens is 538 g/mol. The number of hydrogen-bond acceptors (Lipinski definition) is 7. The maximum absolute atomic E-state index is 12.8. The highest BCUT2D eigenvalue weighted by Crippen LogP contribution is 2.50. The lowest BCUT2D eigenvalue weighted by Crippen LogP contribution is -2.51. The number of carbonyl (C=O) groups excluding carboxylic acids is 1. The normalized spacial score (nSPS) is 22.4. The van der Waals surface area contributed by atoms with Gasteiger partial charge in [-0.3, -0.25) is 0 Å². The summed E-state index contributed by atoms with van der Waals surface area (Å²) in [6.45, 7) is 20.4. The van der Waals surface area contributed by atoms with Crippen LogP contribution in [0.5, 0.6) is 0 Å². The molecule has 8 nitrogen and oxygen atoms in total. The molecule has 3 rings (SSSR count). The van der Waals surface area contributed by atoms with Crippen LogP contribution < -0.4 is 10.2 Å². The summed E-state index contributed by atoms with van der Waals surface area (Å²) in [7, 11) is -1.96. The summed E-state index contributed by atoms with van der Waals surface area (Å²) in [4.78, 5) is 24.1. The lowest BCUT2D eigenvalue weighted by Gasteiger charge is -2.43. The Balaban J connectivity index is 1.81. The van der Waals surface area contributed by atoms with Crippen molar-refractivity contribution in [2.45, 2.75) is 110 Å². The van der Waals surface area contributed by atoms with Crippen LogP contribution in [0.4, 0.5) is 10.7 Å². The number of ether oxygens (including phenoxy) is 1. The molecule has 2 fully saturated rings. The van der Waals surface area contributed by atoms with Crippen LogP contribution in [0.15, 0.2) is 4.47 Å². The van der Waals surface area contributed by atoms with Gasteiger partial charge < -0.3 is 19.4 Å². The summed E-state index contributed by atoms with van der Waals surface area (Å²) in [6, 6.07) is 2.13. The van der Waals surface area contributed by atoms with E-state index in [9.17, 15) is 10.1 Å². The van der Waals surface area contributed by atoms with Gasteiger partial charge in [0.15, 0.2) is 14.0 Å². The van der Waals surface area contributed by atoms with Gasteiger partial charge in [-0.15, -0.1) is 0 Å². The van der Waals surface area contributed by atoms with Crippen LogP contribution in [-0.2, 0) is 9.16 Å². The molecule has 1 N–H and O–H groups in total. The first-order chi connectivity index (χ1) is 16.5. The first kappa shape index (κ1) is 28.9. The molecule has 1 spiro atoms. The quantitative estimate of drug-likeness (QED) is 0.431. The van der Waals surface area contributed by atoms with E-state index in [-0.39, 0.29) is 28.7 Å². The summed E-state index contributed by atoms with van der Waals surface area (Å²) >= 11 is 3.41. The second kappa shape index (κ2) is 10.2. The first-order valence-electron chi connectivity index (χ1n) is 12.8. The van der Waals surface area contributed by atoms with Crippen molar-refractivity contribution in [3.63, 3.8) is 0 Å². The fraction of sp³-hybridized carbons (Fsp3) is 0.769. The number of piperidine rings is 1. The molecule has 1 amide bonds. The SMILES string of the molecule is Cc1nc(N2CCC3(CC2)C[C@@H](O[Si](C)(C)C(C)(C)C)C[C@H]3NC(=O)OC(C)(C)C)nc(C#N)c1Br. The Kier molecular flexibility index (Phi) is 8.19. The minimum absolute atomic E-state index is 0.0217. The zero-order valence-corrected chi connectivity index (χ0v) is 25.9. The van der Waals surface area contributed by atoms with Crippen LogP contribution in [0, 0.1) is 23.7 Å². The zero-order valence-electron chi connectivity index (χ0n) is 23.3. The molecule has 2 atom stereocenters. The van der Waals surface area contributed by atoms with Crippen LogP contribution in [0.1, 0.15) is 78.6 Å². The van der Waals surface area contributed by atoms with Crippen LogP contribution in [0.2, 0.25) is 18.1 Å². The molecule has 0 bridgehead atoms. The standard InChI is InChI=1S/C26H42BrN5O3Si/c1-17-21(27)19(16-28)30-22(29-17)32-12-10-26(11-13-32)15-18(35-36(8,9)25(5,6)7)14-20(26)31-23(33)34-24(2,3)4/h18,20H,10-15H2,1-9H3,(H,31,33)/t18-,20+/m0/s1. The Morgan fingerprint density at radius 1 is 1.19 bits per heavy atom. The van der Waals surface area contributed by atoms with Crippen molar-refractivity contribution in [2.75, 3.05) is 18.0 Å². The van der Waals surface area contributed by atoms with Crippen LogP contribution in [0.3, 0.4) is 0 Å². The summed E-state index contributed by atoms with van der Waals surface area (Å²) in [5, 5.41) is 12.8. The van der Waals surface area contributed by atoms with Gasteiger partial charge in [0.25, 0.3) is 0 Å². The second-order valence-electron chi connectivity index (χ2n) is 12.9. The molecular formula is C26H42BrN5O3Si. The van der Waals surface area contributed by atoms with E-state index in [1.165, 1.54) is 0 Å². The van der Waals surface area contributed by atoms with E-state index in [2.05, 4.69) is 76.0 Å². The second-order valence-corrected chi connectivity index (χ2v) is 18.4. The highest BCUT2D eigenvalue weighted by atomic mass is 79.9. The summed E-state index contributed by atoms with van der Waals surface area (Å²) < 4.78 is 13.1. The number of nitrogens with one attached hydrogen (secondary N) is 1. The van der Waals surface area contributed by atoms with Gasteiger partial charge in [0.2, 0.25) is 5.95 Å². The molecule has 2 heterocycles. The number of carbonyl (C=O) groups is 1. The number of aromatic nitrogens is 2. The minimum atomic E-state index is -1.96. The number of rotatable bonds is 4. The van der Waals surface area contributed by atoms with Crippen molar-refractivity contribution in [3.05, 3.63) is 15.9 Å². The molecule has 0 unspecified atom stereocenters. The van der Waals surface area contributed by atoms with Crippen molar-refractivity contribution in [1.29, 1.82) is 5.26 Å². The van der Waals surface area contributed by atoms with Gasteiger partial charge in [0.1, 0.15) is 11.7 Å². The van der Waals surface area contributed by atoms with Gasteiger partial charge in [0, 0.05) is 25.2 Å². The highest BCUT2D eigenvalue weighted by Gasteiger charge is 2.52. The molecule has 1 saturated carbocycles. The zero-order chi connectivity index (χ0) is 27.1. The number of alkyl carbamates (subject to hydrolysis) is 1. The van der Waals surface area contributed by atoms with E-state index in [1.807, 2.05) is 27.7 Å². The number of hydrogen-bond donors (Lipinski definition) is 1. The molecule has 1 aromatic heterocycles. The Hall–Kier alpha value is -1.70. The van der Waals surface area contributed by atoms with Crippen LogP contribution in [-0.4, -0.2) is 55.2 Å². The van der Waals surface area contributed by atoms with Gasteiger partial charge >= 0.3 is 6.09 Å². The van der Waals surface area contributed by atoms with E-state index in [4.69, 9.17) is 9.16 Å². The number of aryl methyl sites for hydroxylation is 1. The predicted octanol–water partition coefficient (Wildman–Crippen LogP) is 6.08. The molecule has 10 heteroatoms. The number of anilines is 1. The number of halogens is 1. The molecule has 1 saturated heterocycles. The molecule has 1 aliphatic heterocycles. The molecule has 2 aliphatic rings. The van der Waals surface area contributed by atoms with Crippen molar-refractivity contribution >= 4 is 36.3 Å². The fourth-order valence-electron chi connectivity index (χ4n) is 5.00. The third-order valence-corrected chi connectivity index (χ3v) is 13.5. The Morgan fingerprint density at radius 2 is 1.81 bits per heavy atom. The molecule has 36 heavy (non-hydrogen) atoms. The Bertz CT molecular complexity index is 1020. The van der Waals surface area contributed by atoms with E-state index >= 15 is 0 Å². The molecule has 1 aromatic rings. The van der Waals surface area contributed by atoms with Gasteiger partial charge in [-0.25, -0.2) is 14.8 Å². The minimum Gasteiger partial charge on any atom is -0.444 e. The summed E-state index contributed by atoms with van der Waals surface area (Å²) in [6.07, 6.45) is 3.20. The summed E-state index contributed by atoms with van der Waals surface area (Å²) in [5.41, 5.74) is 0.477. The van der Waals surface area contributed by atoms with E-state index in [0.717, 1.165) is 44.5 Å². The van der Waals surface area contributed by atoms with Crippen molar-refractivity contribution < 1.29 is 14.0 Å². The predicted molar refractivity (Wildman–Crippen MR) is 148 cm³/mol. The molecule has 0 radical (unpaired) electrons. The van der Waals surface area contributed by atoms with Gasteiger partial charge in [0.05, 0.1) is 10.2 Å². The van der Waals surface area contributed by atoms with Crippen molar-refractivity contribution in [1.82, 2.24) is 15.3 Å². The number of nitrogens with zero attached hydrogens (tertiary/aromatic N) is 4. The average molecular weight is 581 g/mol. The number of amides is 1. The van der Waals surface area contributed by atoms with Crippen molar-refractivity contribution in [2.24, 2.45) is 5.41 Å². The summed E-state index contributed by atoms with van der Waals surface area (Å²) in [5.74, 6) is 0.589. The maximum Gasteiger partial charge on any atom is 0.407 e. The van der Waals surface area contributed by atoms with E-state index in [1.54, 1.807) is 0 Å². The van der Waals surface area contributed by atoms with Crippen molar-refractivity contribution in [3.8, 4) is 6.07 Å². The van der Waals surface area contributed by atoms with E-state index in [0.29, 0.717) is 16.1 Å². The van der Waals surface area contributed by atoms with Gasteiger partial charge in [-0.1, -0.05) is 20.8 Å². The highest BCUT2D eigenvalue weighted by molar-refractivity contribution is 9.10. The third-order valence-electron chi connectivity index (χ3n) is 7.98. The Morgan fingerprint density at radius 3 is 2.33 bits per heavy atom. The van der Waals surface area contributed by atoms with Gasteiger partial charge in [-0.2, -0.15) is 5.26 Å². The monoisotopic (exact) mass is 579 g/mol. The smallest absolute Gasteiger partial charge is 0.407 e. The maximum atomic E-state index is 12.8. The van der Waals surface area contributed by atoms with Gasteiger partial charge in [-0.05, 0) is 92.9 Å². The number of nitriles is 1. The lowest BCUT2D eigenvalue weighted by atomic mass is 9.74. The largest absolute Gasteiger partial charge is 0.444 e. The van der Waals surface area contributed by atoms with E-state index < -0.39 is 13.9 Å². The topological polar surface area (TPSA) is 100 Å². The Labute approximate surface area is 225 Å². The molecule has 200 valence electrons.